The van der Waals surface area contributed by atoms with Crippen molar-refractivity contribution in [1.29, 1.82) is 0 Å². The Morgan fingerprint density at radius 1 is 1.32 bits per heavy atom. The normalized spacial score (nSPS) is 12.0. The van der Waals surface area contributed by atoms with Crippen molar-refractivity contribution in [3.05, 3.63) is 46.8 Å². The molecule has 0 radical (unpaired) electrons. The molecule has 1 heterocycles. The van der Waals surface area contributed by atoms with E-state index in [4.69, 9.17) is 4.74 Å². The Balaban J connectivity index is 1.94. The summed E-state index contributed by atoms with van der Waals surface area (Å²) >= 11 is 0. The zero-order chi connectivity index (χ0) is 16.3. The summed E-state index contributed by atoms with van der Waals surface area (Å²) in [6, 6.07) is 7.72. The van der Waals surface area contributed by atoms with Crippen LogP contribution in [0.5, 0.6) is 5.75 Å². The maximum atomic E-state index is 12.2. The third-order valence-corrected chi connectivity index (χ3v) is 3.50. The Labute approximate surface area is 131 Å². The van der Waals surface area contributed by atoms with Gasteiger partial charge in [0.2, 0.25) is 0 Å². The molecule has 1 aromatic carbocycles. The number of hydrogen-bond acceptors (Lipinski definition) is 3. The smallest absolute Gasteiger partial charge is 0.269 e. The fraction of sp³-hybridized carbons (Fsp3) is 0.412. The van der Waals surface area contributed by atoms with Gasteiger partial charge in [-0.2, -0.15) is 5.10 Å². The second kappa shape index (κ2) is 6.64. The van der Waals surface area contributed by atoms with Gasteiger partial charge in [0.1, 0.15) is 18.1 Å². The molecule has 22 heavy (non-hydrogen) atoms. The quantitative estimate of drug-likeness (QED) is 0.923. The van der Waals surface area contributed by atoms with Crippen LogP contribution >= 0.6 is 0 Å². The Kier molecular flexibility index (Phi) is 4.85. The molecule has 0 bridgehead atoms. The van der Waals surface area contributed by atoms with Crippen LogP contribution in [0, 0.1) is 20.8 Å². The maximum Gasteiger partial charge on any atom is 0.269 e. The van der Waals surface area contributed by atoms with E-state index in [0.29, 0.717) is 12.3 Å². The lowest BCUT2D eigenvalue weighted by Gasteiger charge is -2.17. The minimum Gasteiger partial charge on any atom is -0.491 e. The molecular weight excluding hydrogens is 278 g/mol. The number of aryl methyl sites for hydroxylation is 4. The van der Waals surface area contributed by atoms with Crippen molar-refractivity contribution in [2.24, 2.45) is 7.05 Å². The highest BCUT2D eigenvalue weighted by Gasteiger charge is 2.15. The zero-order valence-corrected chi connectivity index (χ0v) is 13.8. The number of aromatic nitrogens is 2. The van der Waals surface area contributed by atoms with E-state index >= 15 is 0 Å². The largest absolute Gasteiger partial charge is 0.491 e. The first-order chi connectivity index (χ1) is 10.4. The van der Waals surface area contributed by atoms with Gasteiger partial charge in [-0.1, -0.05) is 18.2 Å². The van der Waals surface area contributed by atoms with E-state index in [-0.39, 0.29) is 11.9 Å². The SMILES string of the molecule is Cc1cc(C(=O)N[C@H](C)COc2c(C)cccc2C)n(C)n1. The Morgan fingerprint density at radius 2 is 1.95 bits per heavy atom. The minimum atomic E-state index is -0.138. The number of ether oxygens (including phenoxy) is 1. The van der Waals surface area contributed by atoms with E-state index in [2.05, 4.69) is 10.4 Å². The minimum absolute atomic E-state index is 0.0956. The van der Waals surface area contributed by atoms with Gasteiger partial charge in [0.25, 0.3) is 5.91 Å². The number of carbonyl (C=O) groups excluding carboxylic acids is 1. The van der Waals surface area contributed by atoms with Crippen molar-refractivity contribution in [1.82, 2.24) is 15.1 Å². The molecule has 0 unspecified atom stereocenters. The lowest BCUT2D eigenvalue weighted by atomic mass is 10.1. The van der Waals surface area contributed by atoms with Crippen molar-refractivity contribution in [3.63, 3.8) is 0 Å². The molecule has 2 aromatic rings. The molecule has 1 atom stereocenters. The van der Waals surface area contributed by atoms with Gasteiger partial charge in [-0.25, -0.2) is 0 Å². The van der Waals surface area contributed by atoms with Gasteiger partial charge < -0.3 is 10.1 Å². The number of carbonyl (C=O) groups is 1. The Hall–Kier alpha value is -2.30. The summed E-state index contributed by atoms with van der Waals surface area (Å²) in [4.78, 5) is 12.2. The molecule has 0 aliphatic heterocycles. The Bertz CT molecular complexity index is 656. The number of para-hydroxylation sites is 1. The lowest BCUT2D eigenvalue weighted by Crippen LogP contribution is -2.37. The molecule has 0 spiro atoms. The highest BCUT2D eigenvalue weighted by atomic mass is 16.5. The van der Waals surface area contributed by atoms with Crippen molar-refractivity contribution < 1.29 is 9.53 Å². The van der Waals surface area contributed by atoms with Gasteiger partial charge in [-0.05, 0) is 44.9 Å². The molecule has 1 aromatic heterocycles. The first-order valence-corrected chi connectivity index (χ1v) is 7.39. The molecule has 1 amide bonds. The number of amides is 1. The summed E-state index contributed by atoms with van der Waals surface area (Å²) in [5, 5.41) is 7.12. The van der Waals surface area contributed by atoms with Crippen LogP contribution in [-0.2, 0) is 7.05 Å². The van der Waals surface area contributed by atoms with Gasteiger partial charge in [-0.15, -0.1) is 0 Å². The zero-order valence-electron chi connectivity index (χ0n) is 13.8. The van der Waals surface area contributed by atoms with Gasteiger partial charge in [0, 0.05) is 7.05 Å². The van der Waals surface area contributed by atoms with E-state index in [0.717, 1.165) is 22.6 Å². The topological polar surface area (TPSA) is 56.1 Å². The molecule has 0 aliphatic carbocycles. The fourth-order valence-electron chi connectivity index (χ4n) is 2.40. The number of hydrogen-bond donors (Lipinski definition) is 1. The maximum absolute atomic E-state index is 12.2. The summed E-state index contributed by atoms with van der Waals surface area (Å²) < 4.78 is 7.45. The Morgan fingerprint density at radius 3 is 2.50 bits per heavy atom. The predicted molar refractivity (Wildman–Crippen MR) is 86.3 cm³/mol. The molecule has 0 saturated carbocycles. The number of rotatable bonds is 5. The van der Waals surface area contributed by atoms with Crippen LogP contribution in [0.15, 0.2) is 24.3 Å². The van der Waals surface area contributed by atoms with E-state index in [1.165, 1.54) is 0 Å². The average molecular weight is 301 g/mol. The fourth-order valence-corrected chi connectivity index (χ4v) is 2.40. The van der Waals surface area contributed by atoms with E-state index in [1.54, 1.807) is 17.8 Å². The summed E-state index contributed by atoms with van der Waals surface area (Å²) in [6.07, 6.45) is 0. The van der Waals surface area contributed by atoms with Crippen molar-refractivity contribution in [2.75, 3.05) is 6.61 Å². The molecule has 0 aliphatic rings. The van der Waals surface area contributed by atoms with Crippen LogP contribution in [0.2, 0.25) is 0 Å². The third-order valence-electron chi connectivity index (χ3n) is 3.50. The average Bonchev–Trinajstić information content (AvgIpc) is 2.77. The molecule has 118 valence electrons. The van der Waals surface area contributed by atoms with E-state index in [1.807, 2.05) is 45.9 Å². The van der Waals surface area contributed by atoms with Crippen molar-refractivity contribution in [3.8, 4) is 5.75 Å². The van der Waals surface area contributed by atoms with Crippen LogP contribution in [0.3, 0.4) is 0 Å². The van der Waals surface area contributed by atoms with Crippen molar-refractivity contribution in [2.45, 2.75) is 33.7 Å². The van der Waals surface area contributed by atoms with E-state index < -0.39 is 0 Å². The second-order valence-electron chi connectivity index (χ2n) is 5.70. The molecule has 5 nitrogen and oxygen atoms in total. The van der Waals surface area contributed by atoms with E-state index in [9.17, 15) is 4.79 Å². The molecule has 5 heteroatoms. The monoisotopic (exact) mass is 301 g/mol. The van der Waals surface area contributed by atoms with Crippen molar-refractivity contribution >= 4 is 5.91 Å². The summed E-state index contributed by atoms with van der Waals surface area (Å²) in [7, 11) is 1.76. The summed E-state index contributed by atoms with van der Waals surface area (Å²) in [6.45, 7) is 8.25. The first kappa shape index (κ1) is 16.1. The van der Waals surface area contributed by atoms with Gasteiger partial charge in [0.05, 0.1) is 11.7 Å². The first-order valence-electron chi connectivity index (χ1n) is 7.39. The van der Waals surface area contributed by atoms with Crippen LogP contribution in [-0.4, -0.2) is 28.3 Å². The van der Waals surface area contributed by atoms with Crippen LogP contribution < -0.4 is 10.1 Å². The number of benzene rings is 1. The highest BCUT2D eigenvalue weighted by molar-refractivity contribution is 5.92. The van der Waals surface area contributed by atoms with Crippen LogP contribution in [0.25, 0.3) is 0 Å². The predicted octanol–water partition coefficient (Wildman–Crippen LogP) is 2.54. The molecule has 0 saturated heterocycles. The van der Waals surface area contributed by atoms with Gasteiger partial charge >= 0.3 is 0 Å². The third kappa shape index (κ3) is 3.67. The van der Waals surface area contributed by atoms with Crippen LogP contribution in [0.4, 0.5) is 0 Å². The second-order valence-corrected chi connectivity index (χ2v) is 5.70. The standard InChI is InChI=1S/C17H23N3O2/c1-11-7-6-8-12(2)16(11)22-10-14(4)18-17(21)15-9-13(3)19-20(15)5/h6-9,14H,10H2,1-5H3,(H,18,21)/t14-/m1/s1. The lowest BCUT2D eigenvalue weighted by molar-refractivity contribution is 0.0917. The van der Waals surface area contributed by atoms with Crippen LogP contribution in [0.1, 0.15) is 34.2 Å². The molecular formula is C17H23N3O2. The molecule has 0 fully saturated rings. The number of nitrogens with zero attached hydrogens (tertiary/aromatic N) is 2. The molecule has 2 rings (SSSR count). The highest BCUT2D eigenvalue weighted by Crippen LogP contribution is 2.22. The summed E-state index contributed by atoms with van der Waals surface area (Å²) in [5.41, 5.74) is 3.57. The number of nitrogens with one attached hydrogen (secondary N) is 1. The van der Waals surface area contributed by atoms with Gasteiger partial charge in [-0.3, -0.25) is 9.48 Å². The summed E-state index contributed by atoms with van der Waals surface area (Å²) in [5.74, 6) is 0.751. The van der Waals surface area contributed by atoms with Gasteiger partial charge in [0.15, 0.2) is 0 Å². The molecule has 1 N–H and O–H groups in total.